The number of carbonyl (C=O) groups is 1. The van der Waals surface area contributed by atoms with Crippen LogP contribution in [0.3, 0.4) is 0 Å². The van der Waals surface area contributed by atoms with Gasteiger partial charge in [-0.3, -0.25) is 14.8 Å². The van der Waals surface area contributed by atoms with Crippen LogP contribution in [0, 0.1) is 12.8 Å². The third-order valence-electron chi connectivity index (χ3n) is 6.81. The van der Waals surface area contributed by atoms with E-state index in [4.69, 9.17) is 4.52 Å². The van der Waals surface area contributed by atoms with Gasteiger partial charge in [-0.15, -0.1) is 13.2 Å². The van der Waals surface area contributed by atoms with E-state index in [0.29, 0.717) is 17.8 Å². The van der Waals surface area contributed by atoms with Gasteiger partial charge < -0.3 is 19.3 Å². The van der Waals surface area contributed by atoms with Gasteiger partial charge >= 0.3 is 12.3 Å². The normalized spacial score (nSPS) is 14.8. The summed E-state index contributed by atoms with van der Waals surface area (Å²) in [6.45, 7) is 7.65. The lowest BCUT2D eigenvalue weighted by Gasteiger charge is -2.43. The Bertz CT molecular complexity index is 1510. The number of carboxylic acid groups (broad SMARTS) is 1. The Balaban J connectivity index is 1.22. The van der Waals surface area contributed by atoms with E-state index in [-0.39, 0.29) is 29.4 Å². The van der Waals surface area contributed by atoms with Crippen molar-refractivity contribution in [3.8, 4) is 28.7 Å². The van der Waals surface area contributed by atoms with Gasteiger partial charge in [-0.2, -0.15) is 10.1 Å². The molecule has 0 unspecified atom stereocenters. The molecule has 1 atom stereocenters. The van der Waals surface area contributed by atoms with Gasteiger partial charge in [0, 0.05) is 36.1 Å². The predicted octanol–water partition coefficient (Wildman–Crippen LogP) is 4.74. The number of nitrogens with one attached hydrogen (secondary N) is 1. The molecule has 2 aromatic heterocycles. The first-order chi connectivity index (χ1) is 19.4. The lowest BCUT2D eigenvalue weighted by atomic mass is 10.00. The summed E-state index contributed by atoms with van der Waals surface area (Å²) >= 11 is 0. The zero-order valence-corrected chi connectivity index (χ0v) is 22.6. The van der Waals surface area contributed by atoms with Crippen molar-refractivity contribution in [3.63, 3.8) is 0 Å². The van der Waals surface area contributed by atoms with Gasteiger partial charge in [-0.1, -0.05) is 31.1 Å². The first kappa shape index (κ1) is 28.1. The number of rotatable bonds is 10. The van der Waals surface area contributed by atoms with E-state index in [1.807, 2.05) is 49.7 Å². The SMILES string of the molecule is Cc1cc(-c2nc(-c3ccc(OC(F)(F)F)cc3)no2)nn1Cc1cccc(N2CC(N[C@H](C(=O)O)C(C)C)C2)c1. The summed E-state index contributed by atoms with van der Waals surface area (Å²) < 4.78 is 48.3. The van der Waals surface area contributed by atoms with E-state index in [1.54, 1.807) is 0 Å². The van der Waals surface area contributed by atoms with E-state index in [2.05, 4.69) is 36.3 Å². The van der Waals surface area contributed by atoms with Crippen LogP contribution in [0.5, 0.6) is 5.75 Å². The Kier molecular flexibility index (Phi) is 7.72. The van der Waals surface area contributed by atoms with E-state index >= 15 is 0 Å². The second-order valence-corrected chi connectivity index (χ2v) is 10.3. The molecule has 1 fully saturated rings. The molecule has 2 aromatic carbocycles. The number of alkyl halides is 3. The molecule has 10 nitrogen and oxygen atoms in total. The second-order valence-electron chi connectivity index (χ2n) is 10.3. The molecule has 0 spiro atoms. The van der Waals surface area contributed by atoms with Gasteiger partial charge in [0.25, 0.3) is 5.89 Å². The molecule has 3 heterocycles. The van der Waals surface area contributed by atoms with Crippen LogP contribution in [0.1, 0.15) is 25.1 Å². The topological polar surface area (TPSA) is 119 Å². The van der Waals surface area contributed by atoms with Gasteiger partial charge in [0.15, 0.2) is 5.69 Å². The Morgan fingerprint density at radius 1 is 1.17 bits per heavy atom. The van der Waals surface area contributed by atoms with Crippen molar-refractivity contribution in [3.05, 3.63) is 65.9 Å². The monoisotopic (exact) mass is 570 g/mol. The van der Waals surface area contributed by atoms with Crippen molar-refractivity contribution in [2.24, 2.45) is 5.92 Å². The quantitative estimate of drug-likeness (QED) is 0.279. The van der Waals surface area contributed by atoms with Crippen molar-refractivity contribution in [2.75, 3.05) is 18.0 Å². The van der Waals surface area contributed by atoms with Crippen LogP contribution >= 0.6 is 0 Å². The molecule has 13 heteroatoms. The fraction of sp³-hybridized carbons (Fsp3) is 0.357. The molecular formula is C28H29F3N6O4. The number of hydrogen-bond acceptors (Lipinski definition) is 8. The van der Waals surface area contributed by atoms with E-state index in [0.717, 1.165) is 30.0 Å². The smallest absolute Gasteiger partial charge is 0.480 e. The summed E-state index contributed by atoms with van der Waals surface area (Å²) in [6, 6.07) is 14.7. The van der Waals surface area contributed by atoms with E-state index < -0.39 is 18.4 Å². The molecule has 0 radical (unpaired) electrons. The molecule has 1 aliphatic rings. The van der Waals surface area contributed by atoms with Gasteiger partial charge in [-0.25, -0.2) is 0 Å². The zero-order chi connectivity index (χ0) is 29.3. The van der Waals surface area contributed by atoms with Crippen molar-refractivity contribution in [1.29, 1.82) is 0 Å². The third-order valence-corrected chi connectivity index (χ3v) is 6.81. The highest BCUT2D eigenvalue weighted by atomic mass is 19.4. The predicted molar refractivity (Wildman–Crippen MR) is 143 cm³/mol. The molecule has 1 saturated heterocycles. The minimum atomic E-state index is -4.77. The average Bonchev–Trinajstić information content (AvgIpc) is 3.50. The van der Waals surface area contributed by atoms with Crippen LogP contribution in [0.25, 0.3) is 23.0 Å². The number of ether oxygens (including phenoxy) is 1. The van der Waals surface area contributed by atoms with Crippen LogP contribution in [0.2, 0.25) is 0 Å². The number of hydrogen-bond donors (Lipinski definition) is 2. The number of aliphatic carboxylic acids is 1. The average molecular weight is 571 g/mol. The van der Waals surface area contributed by atoms with Crippen molar-refractivity contribution < 1.29 is 32.3 Å². The number of halogens is 3. The molecule has 41 heavy (non-hydrogen) atoms. The molecular weight excluding hydrogens is 541 g/mol. The van der Waals surface area contributed by atoms with Crippen molar-refractivity contribution in [2.45, 2.75) is 45.8 Å². The first-order valence-corrected chi connectivity index (χ1v) is 13.0. The third kappa shape index (κ3) is 6.68. The van der Waals surface area contributed by atoms with Crippen molar-refractivity contribution >= 4 is 11.7 Å². The number of anilines is 1. The highest BCUT2D eigenvalue weighted by molar-refractivity contribution is 5.74. The van der Waals surface area contributed by atoms with Gasteiger partial charge in [0.1, 0.15) is 11.8 Å². The minimum absolute atomic E-state index is 0.000821. The number of benzene rings is 2. The van der Waals surface area contributed by atoms with Crippen LogP contribution in [-0.2, 0) is 11.3 Å². The number of nitrogens with zero attached hydrogens (tertiary/aromatic N) is 5. The minimum Gasteiger partial charge on any atom is -0.480 e. The fourth-order valence-corrected chi connectivity index (χ4v) is 4.65. The Morgan fingerprint density at radius 3 is 2.56 bits per heavy atom. The molecule has 0 amide bonds. The lowest BCUT2D eigenvalue weighted by Crippen LogP contribution is -2.62. The molecule has 0 saturated carbocycles. The fourth-order valence-electron chi connectivity index (χ4n) is 4.65. The number of carboxylic acids is 1. The molecule has 1 aliphatic heterocycles. The van der Waals surface area contributed by atoms with E-state index in [1.165, 1.54) is 24.3 Å². The Morgan fingerprint density at radius 2 is 1.90 bits per heavy atom. The maximum absolute atomic E-state index is 12.4. The summed E-state index contributed by atoms with van der Waals surface area (Å²) in [5.41, 5.74) is 3.91. The van der Waals surface area contributed by atoms with E-state index in [9.17, 15) is 23.1 Å². The van der Waals surface area contributed by atoms with Gasteiger partial charge in [0.2, 0.25) is 5.82 Å². The van der Waals surface area contributed by atoms with Crippen molar-refractivity contribution in [1.82, 2.24) is 25.2 Å². The summed E-state index contributed by atoms with van der Waals surface area (Å²) in [7, 11) is 0. The molecule has 0 aliphatic carbocycles. The Labute approximate surface area is 233 Å². The van der Waals surface area contributed by atoms with Gasteiger partial charge in [-0.05, 0) is 60.9 Å². The first-order valence-electron chi connectivity index (χ1n) is 13.0. The molecule has 2 N–H and O–H groups in total. The summed E-state index contributed by atoms with van der Waals surface area (Å²) in [4.78, 5) is 18.0. The maximum atomic E-state index is 12.4. The summed E-state index contributed by atoms with van der Waals surface area (Å²) in [6.07, 6.45) is -4.77. The molecule has 4 aromatic rings. The summed E-state index contributed by atoms with van der Waals surface area (Å²) in [5.74, 6) is -0.777. The standard InChI is InChI=1S/C28H29F3N6O4/c1-16(2)24(27(38)39)32-20-14-36(15-20)21-6-4-5-18(12-21)13-37-17(3)11-23(34-37)26-33-25(35-41-26)19-7-9-22(10-8-19)40-28(29,30)31/h4-12,16,20,24,32H,13-15H2,1-3H3,(H,38,39)/t24-/m0/s1. The molecule has 5 rings (SSSR count). The van der Waals surface area contributed by atoms with Crippen LogP contribution in [0.15, 0.2) is 59.1 Å². The Hall–Kier alpha value is -4.39. The second kappa shape index (κ2) is 11.2. The zero-order valence-electron chi connectivity index (χ0n) is 22.6. The van der Waals surface area contributed by atoms with Gasteiger partial charge in [0.05, 0.1) is 6.54 Å². The summed E-state index contributed by atoms with van der Waals surface area (Å²) in [5, 5.41) is 21.2. The van der Waals surface area contributed by atoms with Crippen LogP contribution < -0.4 is 15.0 Å². The van der Waals surface area contributed by atoms with Crippen LogP contribution in [0.4, 0.5) is 18.9 Å². The maximum Gasteiger partial charge on any atom is 0.573 e. The van der Waals surface area contributed by atoms with Crippen LogP contribution in [-0.4, -0.2) is 62.5 Å². The highest BCUT2D eigenvalue weighted by Gasteiger charge is 2.33. The lowest BCUT2D eigenvalue weighted by molar-refractivity contribution is -0.274. The highest BCUT2D eigenvalue weighted by Crippen LogP contribution is 2.28. The molecule has 0 bridgehead atoms. The molecule has 216 valence electrons. The number of aryl methyl sites for hydroxylation is 1. The number of aromatic nitrogens is 4. The largest absolute Gasteiger partial charge is 0.573 e.